The molecule has 0 radical (unpaired) electrons. The molecule has 2 saturated heterocycles. The van der Waals surface area contributed by atoms with Gasteiger partial charge < -0.3 is 18.9 Å². The van der Waals surface area contributed by atoms with Crippen LogP contribution in [0, 0.1) is 0 Å². The molecule has 1 aromatic carbocycles. The third-order valence-electron chi connectivity index (χ3n) is 5.91. The van der Waals surface area contributed by atoms with Crippen molar-refractivity contribution in [3.8, 4) is 5.75 Å². The van der Waals surface area contributed by atoms with Crippen LogP contribution in [0.2, 0.25) is 0 Å². The van der Waals surface area contributed by atoms with Crippen LogP contribution < -0.4 is 4.74 Å². The number of methoxy groups -OCH3 is 1. The van der Waals surface area contributed by atoms with Gasteiger partial charge in [0.05, 0.1) is 26.7 Å². The molecule has 4 rings (SSSR count). The highest BCUT2D eigenvalue weighted by Gasteiger charge is 2.44. The molecule has 1 aromatic rings. The van der Waals surface area contributed by atoms with Crippen molar-refractivity contribution in [1.29, 1.82) is 0 Å². The summed E-state index contributed by atoms with van der Waals surface area (Å²) in [6, 6.07) is 7.77. The zero-order chi connectivity index (χ0) is 20.8. The van der Waals surface area contributed by atoms with Gasteiger partial charge in [-0.3, -0.25) is 9.63 Å². The second-order valence-electron chi connectivity index (χ2n) is 8.00. The first kappa shape index (κ1) is 21.3. The first-order valence-electron chi connectivity index (χ1n) is 10.9. The number of allylic oxidation sites excluding steroid dienone is 1. The highest BCUT2D eigenvalue weighted by Crippen LogP contribution is 2.42. The Balaban J connectivity index is 1.41. The molecule has 3 heterocycles. The van der Waals surface area contributed by atoms with Crippen molar-refractivity contribution in [2.75, 3.05) is 26.9 Å². The summed E-state index contributed by atoms with van der Waals surface area (Å²) in [5.41, 5.74) is 1.05. The molecule has 2 fully saturated rings. The molecule has 164 valence electrons. The van der Waals surface area contributed by atoms with Crippen molar-refractivity contribution in [3.05, 3.63) is 42.0 Å². The minimum atomic E-state index is -0.474. The van der Waals surface area contributed by atoms with Gasteiger partial charge in [-0.1, -0.05) is 24.3 Å². The topological polar surface area (TPSA) is 69.5 Å². The monoisotopic (exact) mass is 417 g/mol. The second-order valence-corrected chi connectivity index (χ2v) is 8.00. The molecule has 0 saturated carbocycles. The fraction of sp³-hybridized carbons (Fsp3) is 0.609. The number of esters is 1. The fourth-order valence-electron chi connectivity index (χ4n) is 4.25. The molecule has 3 aliphatic rings. The SMILES string of the molecule is COc1ccc(C2ON2C2CCCC3(CCC/C=C/COC(=O)C2)OCCO3)cc1. The molecule has 7 heteroatoms. The van der Waals surface area contributed by atoms with E-state index in [9.17, 15) is 4.79 Å². The highest BCUT2D eigenvalue weighted by atomic mass is 16.8. The number of hydroxylamine groups is 2. The predicted molar refractivity (Wildman–Crippen MR) is 110 cm³/mol. The maximum Gasteiger partial charge on any atom is 0.307 e. The molecule has 7 nitrogen and oxygen atoms in total. The first-order chi connectivity index (χ1) is 14.7. The lowest BCUT2D eigenvalue weighted by Gasteiger charge is -2.28. The van der Waals surface area contributed by atoms with Gasteiger partial charge in [-0.05, 0) is 43.4 Å². The van der Waals surface area contributed by atoms with E-state index in [2.05, 4.69) is 6.08 Å². The van der Waals surface area contributed by atoms with Gasteiger partial charge in [0.15, 0.2) is 12.0 Å². The Morgan fingerprint density at radius 3 is 2.60 bits per heavy atom. The summed E-state index contributed by atoms with van der Waals surface area (Å²) >= 11 is 0. The van der Waals surface area contributed by atoms with Crippen molar-refractivity contribution in [2.24, 2.45) is 0 Å². The molecule has 1 spiro atoms. The number of benzene rings is 1. The normalized spacial score (nSPS) is 31.0. The van der Waals surface area contributed by atoms with Crippen LogP contribution in [0.25, 0.3) is 0 Å². The van der Waals surface area contributed by atoms with Crippen molar-refractivity contribution in [1.82, 2.24) is 5.06 Å². The van der Waals surface area contributed by atoms with Crippen molar-refractivity contribution in [3.63, 3.8) is 0 Å². The van der Waals surface area contributed by atoms with E-state index in [4.69, 9.17) is 23.8 Å². The van der Waals surface area contributed by atoms with Gasteiger partial charge in [-0.25, -0.2) is 0 Å². The Morgan fingerprint density at radius 2 is 1.83 bits per heavy atom. The van der Waals surface area contributed by atoms with Crippen molar-refractivity contribution >= 4 is 5.97 Å². The average Bonchev–Trinajstić information content (AvgIpc) is 3.43. The fourth-order valence-corrected chi connectivity index (χ4v) is 4.25. The third kappa shape index (κ3) is 5.40. The summed E-state index contributed by atoms with van der Waals surface area (Å²) in [6.07, 6.45) is 9.47. The maximum atomic E-state index is 12.4. The smallest absolute Gasteiger partial charge is 0.307 e. The van der Waals surface area contributed by atoms with Gasteiger partial charge in [0, 0.05) is 18.9 Å². The average molecular weight is 418 g/mol. The Hall–Kier alpha value is -1.93. The van der Waals surface area contributed by atoms with E-state index in [0.717, 1.165) is 49.8 Å². The van der Waals surface area contributed by atoms with Crippen molar-refractivity contribution in [2.45, 2.75) is 63.0 Å². The number of nitrogens with zero attached hydrogens (tertiary/aromatic N) is 1. The van der Waals surface area contributed by atoms with Gasteiger partial charge in [0.2, 0.25) is 0 Å². The summed E-state index contributed by atoms with van der Waals surface area (Å²) in [5, 5.41) is 1.91. The third-order valence-corrected chi connectivity index (χ3v) is 5.91. The summed E-state index contributed by atoms with van der Waals surface area (Å²) in [7, 11) is 1.65. The quantitative estimate of drug-likeness (QED) is 0.420. The summed E-state index contributed by atoms with van der Waals surface area (Å²) in [4.78, 5) is 18.2. The summed E-state index contributed by atoms with van der Waals surface area (Å²) < 4.78 is 22.6. The maximum absolute atomic E-state index is 12.4. The van der Waals surface area contributed by atoms with Gasteiger partial charge in [-0.15, -0.1) is 5.06 Å². The van der Waals surface area contributed by atoms with Crippen molar-refractivity contribution < 1.29 is 28.6 Å². The minimum absolute atomic E-state index is 0.0463. The Kier molecular flexibility index (Phi) is 7.04. The minimum Gasteiger partial charge on any atom is -0.497 e. The van der Waals surface area contributed by atoms with Gasteiger partial charge in [-0.2, -0.15) is 0 Å². The number of hydrogen-bond acceptors (Lipinski definition) is 7. The molecule has 0 N–H and O–H groups in total. The van der Waals surface area contributed by atoms with Crippen LogP contribution in [0.3, 0.4) is 0 Å². The molecule has 3 atom stereocenters. The molecule has 0 aliphatic carbocycles. The van der Waals surface area contributed by atoms with Crippen LogP contribution in [0.15, 0.2) is 36.4 Å². The Labute approximate surface area is 177 Å². The second kappa shape index (κ2) is 9.92. The molecule has 0 aromatic heterocycles. The molecular formula is C23H31NO6. The molecule has 0 amide bonds. The van der Waals surface area contributed by atoms with E-state index in [-0.39, 0.29) is 18.2 Å². The summed E-state index contributed by atoms with van der Waals surface area (Å²) in [5.74, 6) is 0.134. The molecule has 0 bridgehead atoms. The Bertz CT molecular complexity index is 728. The largest absolute Gasteiger partial charge is 0.497 e. The number of rotatable bonds is 3. The number of hydrogen-bond donors (Lipinski definition) is 0. The van der Waals surface area contributed by atoms with Crippen LogP contribution in [0.4, 0.5) is 0 Å². The van der Waals surface area contributed by atoms with Crippen LogP contribution in [0.5, 0.6) is 5.75 Å². The standard InChI is InChI=1S/C23H31NO6/c1-26-20-10-8-18(9-11-20)22-24(30-22)19-7-6-13-23(28-15-16-29-23)12-4-2-3-5-14-27-21(25)17-19/h3,5,8-11,19,22H,2,4,6-7,12-17H2,1H3/b5-3+. The number of carbonyl (C=O) groups excluding carboxylic acids is 1. The highest BCUT2D eigenvalue weighted by molar-refractivity contribution is 5.70. The lowest BCUT2D eigenvalue weighted by atomic mass is 9.98. The first-order valence-corrected chi connectivity index (χ1v) is 10.9. The van der Waals surface area contributed by atoms with Crippen LogP contribution in [-0.4, -0.2) is 49.8 Å². The van der Waals surface area contributed by atoms with E-state index in [1.54, 1.807) is 7.11 Å². The van der Waals surface area contributed by atoms with Crippen LogP contribution in [-0.2, 0) is 23.8 Å². The zero-order valence-corrected chi connectivity index (χ0v) is 17.6. The van der Waals surface area contributed by atoms with Gasteiger partial charge in [0.1, 0.15) is 12.4 Å². The lowest BCUT2D eigenvalue weighted by Crippen LogP contribution is -2.31. The van der Waals surface area contributed by atoms with Gasteiger partial charge in [0.25, 0.3) is 0 Å². The molecule has 3 aliphatic heterocycles. The van der Waals surface area contributed by atoms with E-state index in [0.29, 0.717) is 26.2 Å². The number of cyclic esters (lactones) is 1. The van der Waals surface area contributed by atoms with Crippen LogP contribution in [0.1, 0.15) is 56.7 Å². The van der Waals surface area contributed by atoms with E-state index in [1.165, 1.54) is 0 Å². The molecular weight excluding hydrogens is 386 g/mol. The van der Waals surface area contributed by atoms with E-state index >= 15 is 0 Å². The van der Waals surface area contributed by atoms with E-state index < -0.39 is 5.79 Å². The molecule has 3 unspecified atom stereocenters. The predicted octanol–water partition coefficient (Wildman–Crippen LogP) is 3.90. The van der Waals surface area contributed by atoms with Crippen LogP contribution >= 0.6 is 0 Å². The lowest BCUT2D eigenvalue weighted by molar-refractivity contribution is -0.168. The van der Waals surface area contributed by atoms with E-state index in [1.807, 2.05) is 35.4 Å². The number of ether oxygens (including phenoxy) is 4. The summed E-state index contributed by atoms with van der Waals surface area (Å²) in [6.45, 7) is 1.62. The molecule has 30 heavy (non-hydrogen) atoms. The zero-order valence-electron chi connectivity index (χ0n) is 17.6. The van der Waals surface area contributed by atoms with Gasteiger partial charge >= 0.3 is 5.97 Å². The number of carbonyl (C=O) groups is 1. The Morgan fingerprint density at radius 1 is 1.07 bits per heavy atom.